The van der Waals surface area contributed by atoms with E-state index < -0.39 is 0 Å². The molecule has 0 aliphatic carbocycles. The Labute approximate surface area is 108 Å². The van der Waals surface area contributed by atoms with Crippen molar-refractivity contribution in [3.63, 3.8) is 0 Å². The predicted octanol–water partition coefficient (Wildman–Crippen LogP) is 2.10. The summed E-state index contributed by atoms with van der Waals surface area (Å²) in [4.78, 5) is 4.30. The fourth-order valence-electron chi connectivity index (χ4n) is 2.00. The second-order valence-corrected chi connectivity index (χ2v) is 4.42. The van der Waals surface area contributed by atoms with E-state index in [0.29, 0.717) is 6.04 Å². The molecule has 1 heterocycles. The van der Waals surface area contributed by atoms with Crippen molar-refractivity contribution >= 4 is 0 Å². The van der Waals surface area contributed by atoms with E-state index in [9.17, 15) is 0 Å². The quantitative estimate of drug-likeness (QED) is 0.846. The molecule has 4 nitrogen and oxygen atoms in total. The lowest BCUT2D eigenvalue weighted by Gasteiger charge is -2.18. The van der Waals surface area contributed by atoms with Gasteiger partial charge in [0.05, 0.1) is 0 Å². The Morgan fingerprint density at radius 2 is 2.06 bits per heavy atom. The van der Waals surface area contributed by atoms with Gasteiger partial charge in [0.15, 0.2) is 0 Å². The van der Waals surface area contributed by atoms with Crippen LogP contribution < -0.4 is 5.32 Å². The Morgan fingerprint density at radius 1 is 1.28 bits per heavy atom. The summed E-state index contributed by atoms with van der Waals surface area (Å²) in [5.41, 5.74) is 1.30. The maximum Gasteiger partial charge on any atom is 0.138 e. The molecular weight excluding hydrogens is 224 g/mol. The molecule has 0 saturated carbocycles. The van der Waals surface area contributed by atoms with Gasteiger partial charge in [0.2, 0.25) is 0 Å². The average molecular weight is 244 g/mol. The largest absolute Gasteiger partial charge is 0.310 e. The van der Waals surface area contributed by atoms with Crippen LogP contribution in [0.3, 0.4) is 0 Å². The van der Waals surface area contributed by atoms with Gasteiger partial charge in [0, 0.05) is 19.5 Å². The first-order chi connectivity index (χ1) is 8.81. The van der Waals surface area contributed by atoms with Gasteiger partial charge in [-0.05, 0) is 18.5 Å². The molecule has 1 aromatic heterocycles. The van der Waals surface area contributed by atoms with Gasteiger partial charge in [0.25, 0.3) is 0 Å². The highest BCUT2D eigenvalue weighted by atomic mass is 15.3. The molecule has 0 saturated heterocycles. The molecule has 18 heavy (non-hydrogen) atoms. The van der Waals surface area contributed by atoms with E-state index in [1.165, 1.54) is 5.56 Å². The van der Waals surface area contributed by atoms with Crippen molar-refractivity contribution in [3.05, 3.63) is 48.0 Å². The Bertz CT molecular complexity index is 464. The number of rotatable bonds is 6. The molecule has 0 bridgehead atoms. The summed E-state index contributed by atoms with van der Waals surface area (Å²) in [5.74, 6) is 1.01. The molecule has 0 aliphatic heterocycles. The molecule has 2 rings (SSSR count). The van der Waals surface area contributed by atoms with E-state index in [2.05, 4.69) is 46.6 Å². The zero-order valence-electron chi connectivity index (χ0n) is 11.0. The number of hydrogen-bond acceptors (Lipinski definition) is 3. The number of nitrogens with zero attached hydrogens (tertiary/aromatic N) is 3. The van der Waals surface area contributed by atoms with Gasteiger partial charge < -0.3 is 5.32 Å². The SMILES string of the molecule is CCCNC(Cc1ncnn1C)c1ccccc1. The minimum atomic E-state index is 0.300. The second kappa shape index (κ2) is 6.31. The third-order valence-electron chi connectivity index (χ3n) is 3.03. The molecule has 4 heteroatoms. The fraction of sp³-hybridized carbons (Fsp3) is 0.429. The van der Waals surface area contributed by atoms with Crippen LogP contribution in [0.25, 0.3) is 0 Å². The Hall–Kier alpha value is -1.68. The second-order valence-electron chi connectivity index (χ2n) is 4.42. The van der Waals surface area contributed by atoms with Crippen LogP contribution in [0.15, 0.2) is 36.7 Å². The number of aryl methyl sites for hydroxylation is 1. The molecule has 0 fully saturated rings. The van der Waals surface area contributed by atoms with E-state index in [0.717, 1.165) is 25.2 Å². The van der Waals surface area contributed by atoms with Crippen LogP contribution in [0.5, 0.6) is 0 Å². The van der Waals surface area contributed by atoms with E-state index in [-0.39, 0.29) is 0 Å². The molecule has 1 N–H and O–H groups in total. The number of hydrogen-bond donors (Lipinski definition) is 1. The first-order valence-electron chi connectivity index (χ1n) is 6.42. The molecule has 1 unspecified atom stereocenters. The maximum absolute atomic E-state index is 4.30. The van der Waals surface area contributed by atoms with E-state index in [4.69, 9.17) is 0 Å². The Morgan fingerprint density at radius 3 is 2.67 bits per heavy atom. The number of aromatic nitrogens is 3. The van der Waals surface area contributed by atoms with Crippen molar-refractivity contribution < 1.29 is 0 Å². The van der Waals surface area contributed by atoms with E-state index >= 15 is 0 Å². The average Bonchev–Trinajstić information content (AvgIpc) is 2.81. The van der Waals surface area contributed by atoms with Crippen LogP contribution in [-0.4, -0.2) is 21.3 Å². The monoisotopic (exact) mass is 244 g/mol. The van der Waals surface area contributed by atoms with Gasteiger partial charge in [-0.15, -0.1) is 0 Å². The highest BCUT2D eigenvalue weighted by molar-refractivity contribution is 5.20. The molecule has 0 aliphatic rings. The van der Waals surface area contributed by atoms with Crippen molar-refractivity contribution in [2.24, 2.45) is 7.05 Å². The zero-order valence-corrected chi connectivity index (χ0v) is 11.0. The summed E-state index contributed by atoms with van der Waals surface area (Å²) in [6, 6.07) is 10.8. The molecule has 0 radical (unpaired) electrons. The zero-order chi connectivity index (χ0) is 12.8. The molecule has 96 valence electrons. The van der Waals surface area contributed by atoms with Crippen LogP contribution in [0, 0.1) is 0 Å². The molecule has 0 amide bonds. The summed E-state index contributed by atoms with van der Waals surface area (Å²) in [6.45, 7) is 3.19. The van der Waals surface area contributed by atoms with Crippen LogP contribution in [0.4, 0.5) is 0 Å². The third-order valence-corrected chi connectivity index (χ3v) is 3.03. The van der Waals surface area contributed by atoms with Gasteiger partial charge in [0.1, 0.15) is 12.2 Å². The van der Waals surface area contributed by atoms with Gasteiger partial charge in [-0.3, -0.25) is 4.68 Å². The van der Waals surface area contributed by atoms with Crippen molar-refractivity contribution in [2.75, 3.05) is 6.54 Å². The highest BCUT2D eigenvalue weighted by Gasteiger charge is 2.13. The molecule has 0 spiro atoms. The van der Waals surface area contributed by atoms with Crippen LogP contribution >= 0.6 is 0 Å². The lowest BCUT2D eigenvalue weighted by Crippen LogP contribution is -2.25. The predicted molar refractivity (Wildman–Crippen MR) is 72.2 cm³/mol. The van der Waals surface area contributed by atoms with Crippen LogP contribution in [0.1, 0.15) is 30.8 Å². The lowest BCUT2D eigenvalue weighted by atomic mass is 10.0. The minimum Gasteiger partial charge on any atom is -0.310 e. The molecular formula is C14H20N4. The van der Waals surface area contributed by atoms with Crippen molar-refractivity contribution in [1.82, 2.24) is 20.1 Å². The maximum atomic E-state index is 4.30. The van der Waals surface area contributed by atoms with Crippen LogP contribution in [0.2, 0.25) is 0 Å². The van der Waals surface area contributed by atoms with E-state index in [1.54, 1.807) is 6.33 Å². The third kappa shape index (κ3) is 3.17. The van der Waals surface area contributed by atoms with Crippen molar-refractivity contribution in [2.45, 2.75) is 25.8 Å². The summed E-state index contributed by atoms with van der Waals surface area (Å²) in [6.07, 6.45) is 3.60. The Balaban J connectivity index is 2.13. The first-order valence-corrected chi connectivity index (χ1v) is 6.42. The molecule has 1 atom stereocenters. The lowest BCUT2D eigenvalue weighted by molar-refractivity contribution is 0.506. The molecule has 1 aromatic carbocycles. The van der Waals surface area contributed by atoms with Gasteiger partial charge in [-0.1, -0.05) is 37.3 Å². The normalized spacial score (nSPS) is 12.6. The topological polar surface area (TPSA) is 42.7 Å². The highest BCUT2D eigenvalue weighted by Crippen LogP contribution is 2.16. The number of benzene rings is 1. The molecule has 2 aromatic rings. The van der Waals surface area contributed by atoms with E-state index in [1.807, 2.05) is 17.8 Å². The fourth-order valence-corrected chi connectivity index (χ4v) is 2.00. The van der Waals surface area contributed by atoms with Crippen LogP contribution in [-0.2, 0) is 13.5 Å². The van der Waals surface area contributed by atoms with Gasteiger partial charge in [-0.2, -0.15) is 5.10 Å². The number of nitrogens with one attached hydrogen (secondary N) is 1. The standard InChI is InChI=1S/C14H20N4/c1-3-9-15-13(12-7-5-4-6-8-12)10-14-16-11-17-18(14)2/h4-8,11,13,15H,3,9-10H2,1-2H3. The summed E-state index contributed by atoms with van der Waals surface area (Å²) >= 11 is 0. The van der Waals surface area contributed by atoms with Gasteiger partial charge >= 0.3 is 0 Å². The van der Waals surface area contributed by atoms with Crippen molar-refractivity contribution in [3.8, 4) is 0 Å². The summed E-state index contributed by atoms with van der Waals surface area (Å²) in [5, 5.41) is 7.69. The van der Waals surface area contributed by atoms with Crippen molar-refractivity contribution in [1.29, 1.82) is 0 Å². The smallest absolute Gasteiger partial charge is 0.138 e. The van der Waals surface area contributed by atoms with Gasteiger partial charge in [-0.25, -0.2) is 4.98 Å². The minimum absolute atomic E-state index is 0.300. The Kier molecular flexibility index (Phi) is 4.47. The summed E-state index contributed by atoms with van der Waals surface area (Å²) in [7, 11) is 1.93. The first kappa shape index (κ1) is 12.8. The summed E-state index contributed by atoms with van der Waals surface area (Å²) < 4.78 is 1.84.